The van der Waals surface area contributed by atoms with Crippen molar-refractivity contribution in [2.24, 2.45) is 5.92 Å². The standard InChI is InChI=1S/C13H25NO/c1-5-14(6-2)13(9-7-8-10-13)12(15)11(3)4/h11H,5-10H2,1-4H3. The molecule has 88 valence electrons. The van der Waals surface area contributed by atoms with Gasteiger partial charge in [-0.15, -0.1) is 0 Å². The van der Waals surface area contributed by atoms with Gasteiger partial charge in [0, 0.05) is 5.92 Å². The normalized spacial score (nSPS) is 20.1. The number of likely N-dealkylation sites (N-methyl/N-ethyl adjacent to an activating group) is 1. The molecule has 0 aromatic carbocycles. The van der Waals surface area contributed by atoms with Crippen LogP contribution in [0.1, 0.15) is 53.4 Å². The first-order valence-corrected chi connectivity index (χ1v) is 6.37. The lowest BCUT2D eigenvalue weighted by atomic mass is 9.84. The van der Waals surface area contributed by atoms with Crippen LogP contribution >= 0.6 is 0 Å². The predicted octanol–water partition coefficient (Wildman–Crippen LogP) is 2.87. The minimum atomic E-state index is -0.113. The highest BCUT2D eigenvalue weighted by Gasteiger charge is 2.45. The van der Waals surface area contributed by atoms with Crippen LogP contribution in [0.2, 0.25) is 0 Å². The van der Waals surface area contributed by atoms with Gasteiger partial charge in [0.25, 0.3) is 0 Å². The molecule has 0 unspecified atom stereocenters. The number of hydrogen-bond donors (Lipinski definition) is 0. The van der Waals surface area contributed by atoms with Gasteiger partial charge in [-0.1, -0.05) is 40.5 Å². The van der Waals surface area contributed by atoms with Crippen LogP contribution in [0.4, 0.5) is 0 Å². The van der Waals surface area contributed by atoms with Gasteiger partial charge in [-0.2, -0.15) is 0 Å². The Morgan fingerprint density at radius 2 is 1.67 bits per heavy atom. The summed E-state index contributed by atoms with van der Waals surface area (Å²) in [6.45, 7) is 10.4. The van der Waals surface area contributed by atoms with Gasteiger partial charge >= 0.3 is 0 Å². The molecule has 0 aromatic heterocycles. The summed E-state index contributed by atoms with van der Waals surface area (Å²) in [6, 6.07) is 0. The molecular formula is C13H25NO. The average molecular weight is 211 g/mol. The van der Waals surface area contributed by atoms with E-state index in [1.54, 1.807) is 0 Å². The van der Waals surface area contributed by atoms with E-state index in [1.165, 1.54) is 12.8 Å². The number of Topliss-reactive ketones (excluding diaryl/α,β-unsaturated/α-hetero) is 1. The summed E-state index contributed by atoms with van der Waals surface area (Å²) < 4.78 is 0. The Labute approximate surface area is 94.0 Å². The zero-order valence-electron chi connectivity index (χ0n) is 10.7. The molecule has 15 heavy (non-hydrogen) atoms. The summed E-state index contributed by atoms with van der Waals surface area (Å²) in [5.74, 6) is 0.632. The molecule has 0 atom stereocenters. The molecule has 0 bridgehead atoms. The fraction of sp³-hybridized carbons (Fsp3) is 0.923. The smallest absolute Gasteiger partial charge is 0.155 e. The van der Waals surface area contributed by atoms with Crippen molar-refractivity contribution in [3.63, 3.8) is 0 Å². The molecular weight excluding hydrogens is 186 g/mol. The third kappa shape index (κ3) is 2.25. The van der Waals surface area contributed by atoms with Gasteiger partial charge < -0.3 is 0 Å². The fourth-order valence-corrected chi connectivity index (χ4v) is 3.04. The molecule has 0 N–H and O–H groups in total. The Kier molecular flexibility index (Phi) is 4.32. The van der Waals surface area contributed by atoms with E-state index >= 15 is 0 Å². The van der Waals surface area contributed by atoms with E-state index in [0.29, 0.717) is 5.78 Å². The molecule has 2 heteroatoms. The maximum atomic E-state index is 12.4. The third-order valence-electron chi connectivity index (χ3n) is 3.78. The Balaban J connectivity index is 2.91. The summed E-state index contributed by atoms with van der Waals surface area (Å²) in [7, 11) is 0. The van der Waals surface area contributed by atoms with Gasteiger partial charge in [0.1, 0.15) is 0 Å². The maximum absolute atomic E-state index is 12.4. The minimum absolute atomic E-state index is 0.113. The van der Waals surface area contributed by atoms with Gasteiger partial charge in [-0.05, 0) is 25.9 Å². The molecule has 1 aliphatic carbocycles. The molecule has 0 aliphatic heterocycles. The van der Waals surface area contributed by atoms with E-state index in [-0.39, 0.29) is 11.5 Å². The monoisotopic (exact) mass is 211 g/mol. The SMILES string of the molecule is CCN(CC)C1(C(=O)C(C)C)CCCC1. The van der Waals surface area contributed by atoms with Gasteiger partial charge in [-0.3, -0.25) is 9.69 Å². The lowest BCUT2D eigenvalue weighted by Gasteiger charge is -2.40. The van der Waals surface area contributed by atoms with Gasteiger partial charge in [-0.25, -0.2) is 0 Å². The van der Waals surface area contributed by atoms with Crippen molar-refractivity contribution in [1.29, 1.82) is 0 Å². The van der Waals surface area contributed by atoms with E-state index in [1.807, 2.05) is 13.8 Å². The Hall–Kier alpha value is -0.370. The van der Waals surface area contributed by atoms with Crippen molar-refractivity contribution in [3.05, 3.63) is 0 Å². The summed E-state index contributed by atoms with van der Waals surface area (Å²) in [6.07, 6.45) is 4.58. The molecule has 2 nitrogen and oxygen atoms in total. The van der Waals surface area contributed by atoms with Crippen molar-refractivity contribution in [1.82, 2.24) is 4.90 Å². The van der Waals surface area contributed by atoms with Crippen LogP contribution < -0.4 is 0 Å². The third-order valence-corrected chi connectivity index (χ3v) is 3.78. The number of carbonyl (C=O) groups is 1. The minimum Gasteiger partial charge on any atom is -0.297 e. The van der Waals surface area contributed by atoms with Crippen LogP contribution in [0.25, 0.3) is 0 Å². The maximum Gasteiger partial charge on any atom is 0.155 e. The topological polar surface area (TPSA) is 20.3 Å². The number of ketones is 1. The van der Waals surface area contributed by atoms with Crippen LogP contribution in [0.5, 0.6) is 0 Å². The highest BCUT2D eigenvalue weighted by Crippen LogP contribution is 2.37. The first-order valence-electron chi connectivity index (χ1n) is 6.37. The predicted molar refractivity (Wildman–Crippen MR) is 64.0 cm³/mol. The number of carbonyl (C=O) groups excluding carboxylic acids is 1. The number of hydrogen-bond acceptors (Lipinski definition) is 2. The Morgan fingerprint density at radius 1 is 1.20 bits per heavy atom. The zero-order valence-corrected chi connectivity index (χ0v) is 10.7. The first kappa shape index (κ1) is 12.7. The van der Waals surface area contributed by atoms with Crippen LogP contribution in [0, 0.1) is 5.92 Å². The van der Waals surface area contributed by atoms with Crippen LogP contribution in [0.3, 0.4) is 0 Å². The van der Waals surface area contributed by atoms with E-state index in [4.69, 9.17) is 0 Å². The molecule has 1 aliphatic rings. The molecule has 0 heterocycles. The van der Waals surface area contributed by atoms with Crippen molar-refractivity contribution in [3.8, 4) is 0 Å². The summed E-state index contributed by atoms with van der Waals surface area (Å²) in [4.78, 5) is 14.8. The van der Waals surface area contributed by atoms with E-state index in [9.17, 15) is 4.79 Å². The zero-order chi connectivity index (χ0) is 11.5. The Morgan fingerprint density at radius 3 is 2.00 bits per heavy atom. The molecule has 0 amide bonds. The highest BCUT2D eigenvalue weighted by molar-refractivity contribution is 5.90. The first-order chi connectivity index (χ1) is 7.08. The summed E-state index contributed by atoms with van der Waals surface area (Å²) in [5.41, 5.74) is -0.113. The lowest BCUT2D eigenvalue weighted by molar-refractivity contribution is -0.134. The van der Waals surface area contributed by atoms with Gasteiger partial charge in [0.05, 0.1) is 5.54 Å². The van der Waals surface area contributed by atoms with Crippen molar-refractivity contribution >= 4 is 5.78 Å². The molecule has 1 fully saturated rings. The number of nitrogens with zero attached hydrogens (tertiary/aromatic N) is 1. The van der Waals surface area contributed by atoms with Gasteiger partial charge in [0.2, 0.25) is 0 Å². The number of rotatable bonds is 5. The van der Waals surface area contributed by atoms with Gasteiger partial charge in [0.15, 0.2) is 5.78 Å². The van der Waals surface area contributed by atoms with E-state index in [2.05, 4.69) is 18.7 Å². The summed E-state index contributed by atoms with van der Waals surface area (Å²) in [5, 5.41) is 0. The van der Waals surface area contributed by atoms with Crippen LogP contribution in [0.15, 0.2) is 0 Å². The average Bonchev–Trinajstić information content (AvgIpc) is 2.68. The molecule has 0 radical (unpaired) electrons. The van der Waals surface area contributed by atoms with E-state index < -0.39 is 0 Å². The second-order valence-electron chi connectivity index (χ2n) is 4.93. The fourth-order valence-electron chi connectivity index (χ4n) is 3.04. The van der Waals surface area contributed by atoms with Crippen molar-refractivity contribution in [2.75, 3.05) is 13.1 Å². The van der Waals surface area contributed by atoms with Crippen LogP contribution in [-0.2, 0) is 4.79 Å². The quantitative estimate of drug-likeness (QED) is 0.697. The summed E-state index contributed by atoms with van der Waals surface area (Å²) >= 11 is 0. The molecule has 1 saturated carbocycles. The molecule has 0 spiro atoms. The Bertz CT molecular complexity index is 213. The van der Waals surface area contributed by atoms with E-state index in [0.717, 1.165) is 25.9 Å². The highest BCUT2D eigenvalue weighted by atomic mass is 16.1. The molecule has 1 rings (SSSR count). The molecule has 0 saturated heterocycles. The second-order valence-corrected chi connectivity index (χ2v) is 4.93. The van der Waals surface area contributed by atoms with Crippen molar-refractivity contribution in [2.45, 2.75) is 58.9 Å². The van der Waals surface area contributed by atoms with Crippen LogP contribution in [-0.4, -0.2) is 29.3 Å². The molecule has 0 aromatic rings. The largest absolute Gasteiger partial charge is 0.297 e. The lowest BCUT2D eigenvalue weighted by Crippen LogP contribution is -2.54. The van der Waals surface area contributed by atoms with Crippen molar-refractivity contribution < 1.29 is 4.79 Å². The second kappa shape index (κ2) is 5.11.